The van der Waals surface area contributed by atoms with E-state index in [4.69, 9.17) is 9.47 Å². The second-order valence-corrected chi connectivity index (χ2v) is 7.58. The quantitative estimate of drug-likeness (QED) is 0.686. The molecule has 0 spiro atoms. The number of amides is 1. The number of para-hydroxylation sites is 1. The lowest BCUT2D eigenvalue weighted by Crippen LogP contribution is -2.49. The van der Waals surface area contributed by atoms with Gasteiger partial charge in [-0.15, -0.1) is 0 Å². The molecule has 1 N–H and O–H groups in total. The second-order valence-electron chi connectivity index (χ2n) is 7.58. The minimum absolute atomic E-state index is 0.0750. The van der Waals surface area contributed by atoms with Crippen LogP contribution in [0.15, 0.2) is 24.3 Å². The van der Waals surface area contributed by atoms with E-state index < -0.39 is 0 Å². The van der Waals surface area contributed by atoms with Crippen LogP contribution in [0.25, 0.3) is 0 Å². The Morgan fingerprint density at radius 1 is 1.23 bits per heavy atom. The minimum atomic E-state index is -0.0750. The summed E-state index contributed by atoms with van der Waals surface area (Å²) in [6, 6.07) is 7.75. The predicted octanol–water partition coefficient (Wildman–Crippen LogP) is 3.20. The lowest BCUT2D eigenvalue weighted by molar-refractivity contribution is 0.0857. The number of rotatable bonds is 9. The first-order valence-electron chi connectivity index (χ1n) is 9.76. The van der Waals surface area contributed by atoms with Gasteiger partial charge in [-0.2, -0.15) is 0 Å². The highest BCUT2D eigenvalue weighted by molar-refractivity contribution is 5.96. The largest absolute Gasteiger partial charge is 0.490 e. The molecule has 0 radical (unpaired) electrons. The zero-order valence-corrected chi connectivity index (χ0v) is 16.7. The maximum absolute atomic E-state index is 12.7. The summed E-state index contributed by atoms with van der Waals surface area (Å²) in [7, 11) is 1.63. The van der Waals surface area contributed by atoms with Gasteiger partial charge < -0.3 is 14.8 Å². The van der Waals surface area contributed by atoms with Crippen molar-refractivity contribution in [3.05, 3.63) is 29.8 Å². The molecule has 0 unspecified atom stereocenters. The molecule has 2 rings (SSSR count). The van der Waals surface area contributed by atoms with Crippen molar-refractivity contribution in [3.63, 3.8) is 0 Å². The Balaban J connectivity index is 1.95. The van der Waals surface area contributed by atoms with Crippen LogP contribution in [0.3, 0.4) is 0 Å². The van der Waals surface area contributed by atoms with E-state index in [9.17, 15) is 4.79 Å². The first-order valence-corrected chi connectivity index (χ1v) is 9.76. The Hall–Kier alpha value is -1.59. The van der Waals surface area contributed by atoms with E-state index in [1.807, 2.05) is 24.3 Å². The summed E-state index contributed by atoms with van der Waals surface area (Å²) in [6.45, 7) is 10.6. The van der Waals surface area contributed by atoms with E-state index in [2.05, 4.69) is 31.0 Å². The number of nitrogens with one attached hydrogen (secondary N) is 1. The molecule has 0 aromatic heterocycles. The number of carbonyl (C=O) groups is 1. The highest BCUT2D eigenvalue weighted by Gasteiger charge is 2.26. The van der Waals surface area contributed by atoms with E-state index in [1.165, 1.54) is 12.8 Å². The maximum Gasteiger partial charge on any atom is 0.255 e. The van der Waals surface area contributed by atoms with Gasteiger partial charge in [-0.3, -0.25) is 9.69 Å². The van der Waals surface area contributed by atoms with Crippen LogP contribution in [0.4, 0.5) is 0 Å². The second kappa shape index (κ2) is 10.5. The number of hydrogen-bond donors (Lipinski definition) is 1. The molecule has 0 saturated carbocycles. The number of piperidine rings is 1. The number of ether oxygens (including phenoxy) is 2. The zero-order chi connectivity index (χ0) is 18.9. The number of likely N-dealkylation sites (tertiary alicyclic amines) is 1. The maximum atomic E-state index is 12.7. The van der Waals surface area contributed by atoms with Crippen molar-refractivity contribution >= 4 is 5.91 Å². The molecule has 1 saturated heterocycles. The molecular weight excluding hydrogens is 328 g/mol. The summed E-state index contributed by atoms with van der Waals surface area (Å²) >= 11 is 0. The molecule has 1 aromatic rings. The number of benzene rings is 1. The van der Waals surface area contributed by atoms with Crippen LogP contribution in [0, 0.1) is 11.8 Å². The third kappa shape index (κ3) is 5.99. The van der Waals surface area contributed by atoms with E-state index in [0.29, 0.717) is 43.0 Å². The average Bonchev–Trinajstić information content (AvgIpc) is 2.63. The van der Waals surface area contributed by atoms with Crippen LogP contribution in [0.1, 0.15) is 44.0 Å². The monoisotopic (exact) mass is 362 g/mol. The van der Waals surface area contributed by atoms with E-state index in [1.54, 1.807) is 7.11 Å². The summed E-state index contributed by atoms with van der Waals surface area (Å²) in [5, 5.41) is 3.13. The molecule has 26 heavy (non-hydrogen) atoms. The van der Waals surface area contributed by atoms with Crippen molar-refractivity contribution in [2.45, 2.75) is 39.7 Å². The molecule has 1 fully saturated rings. The van der Waals surface area contributed by atoms with Crippen LogP contribution in [-0.4, -0.2) is 56.8 Å². The molecule has 1 amide bonds. The molecule has 1 aromatic carbocycles. The zero-order valence-electron chi connectivity index (χ0n) is 16.7. The predicted molar refractivity (Wildman–Crippen MR) is 105 cm³/mol. The standard InChI is InChI=1S/C21H34N2O3/c1-16(2)19(23-11-9-17(3)10-12-23)15-22-21(24)18-7-5-6-8-20(18)26-14-13-25-4/h5-8,16-17,19H,9-15H2,1-4H3,(H,22,24)/t19-/m0/s1. The van der Waals surface area contributed by atoms with E-state index in [0.717, 1.165) is 19.0 Å². The molecule has 1 heterocycles. The summed E-state index contributed by atoms with van der Waals surface area (Å²) in [4.78, 5) is 15.3. The number of hydrogen-bond acceptors (Lipinski definition) is 4. The van der Waals surface area contributed by atoms with Gasteiger partial charge in [-0.05, 0) is 49.9 Å². The van der Waals surface area contributed by atoms with Gasteiger partial charge in [0, 0.05) is 19.7 Å². The first-order chi connectivity index (χ1) is 12.5. The smallest absolute Gasteiger partial charge is 0.255 e. The number of nitrogens with zero attached hydrogens (tertiary/aromatic N) is 1. The Morgan fingerprint density at radius 3 is 2.58 bits per heavy atom. The lowest BCUT2D eigenvalue weighted by Gasteiger charge is -2.38. The number of carbonyl (C=O) groups excluding carboxylic acids is 1. The SMILES string of the molecule is COCCOc1ccccc1C(=O)NC[C@@H](C(C)C)N1CCC(C)CC1. The van der Waals surface area contributed by atoms with Gasteiger partial charge in [0.05, 0.1) is 12.2 Å². The topological polar surface area (TPSA) is 50.8 Å². The molecule has 1 atom stereocenters. The van der Waals surface area contributed by atoms with Crippen molar-refractivity contribution in [2.75, 3.05) is 40.0 Å². The molecule has 146 valence electrons. The Morgan fingerprint density at radius 2 is 1.92 bits per heavy atom. The normalized spacial score (nSPS) is 17.3. The molecule has 1 aliphatic rings. The van der Waals surface area contributed by atoms with Gasteiger partial charge in [-0.25, -0.2) is 0 Å². The minimum Gasteiger partial charge on any atom is -0.490 e. The molecular formula is C21H34N2O3. The molecule has 1 aliphatic heterocycles. The Kier molecular flexibility index (Phi) is 8.39. The van der Waals surface area contributed by atoms with Crippen molar-refractivity contribution < 1.29 is 14.3 Å². The van der Waals surface area contributed by atoms with Crippen molar-refractivity contribution in [1.82, 2.24) is 10.2 Å². The summed E-state index contributed by atoms with van der Waals surface area (Å²) < 4.78 is 10.7. The third-order valence-corrected chi connectivity index (χ3v) is 5.21. The van der Waals surface area contributed by atoms with Gasteiger partial charge in [0.1, 0.15) is 12.4 Å². The van der Waals surface area contributed by atoms with Gasteiger partial charge in [-0.1, -0.05) is 32.9 Å². The highest BCUT2D eigenvalue weighted by Crippen LogP contribution is 2.22. The van der Waals surface area contributed by atoms with Crippen molar-refractivity contribution in [2.24, 2.45) is 11.8 Å². The molecule has 5 nitrogen and oxygen atoms in total. The molecule has 0 aliphatic carbocycles. The van der Waals surface area contributed by atoms with Gasteiger partial charge in [0.15, 0.2) is 0 Å². The van der Waals surface area contributed by atoms with E-state index in [-0.39, 0.29) is 5.91 Å². The molecule has 0 bridgehead atoms. The average molecular weight is 363 g/mol. The fourth-order valence-corrected chi connectivity index (χ4v) is 3.45. The Labute approximate surface area is 158 Å². The Bertz CT molecular complexity index is 554. The van der Waals surface area contributed by atoms with Crippen molar-refractivity contribution in [1.29, 1.82) is 0 Å². The van der Waals surface area contributed by atoms with Crippen LogP contribution in [0.5, 0.6) is 5.75 Å². The first kappa shape index (κ1) is 20.7. The van der Waals surface area contributed by atoms with Crippen LogP contribution < -0.4 is 10.1 Å². The summed E-state index contributed by atoms with van der Waals surface area (Å²) in [6.07, 6.45) is 2.49. The fourth-order valence-electron chi connectivity index (χ4n) is 3.45. The fraction of sp³-hybridized carbons (Fsp3) is 0.667. The van der Waals surface area contributed by atoms with Gasteiger partial charge in [0.25, 0.3) is 5.91 Å². The van der Waals surface area contributed by atoms with Crippen LogP contribution >= 0.6 is 0 Å². The summed E-state index contributed by atoms with van der Waals surface area (Å²) in [5.74, 6) is 1.84. The highest BCUT2D eigenvalue weighted by atomic mass is 16.5. The van der Waals surface area contributed by atoms with E-state index >= 15 is 0 Å². The van der Waals surface area contributed by atoms with Crippen LogP contribution in [-0.2, 0) is 4.74 Å². The number of methoxy groups -OCH3 is 1. The van der Waals surface area contributed by atoms with Gasteiger partial charge >= 0.3 is 0 Å². The lowest BCUT2D eigenvalue weighted by atomic mass is 9.94. The summed E-state index contributed by atoms with van der Waals surface area (Å²) in [5.41, 5.74) is 0.582. The molecule has 5 heteroatoms. The third-order valence-electron chi connectivity index (χ3n) is 5.21. The van der Waals surface area contributed by atoms with Crippen LogP contribution in [0.2, 0.25) is 0 Å². The van der Waals surface area contributed by atoms with Crippen molar-refractivity contribution in [3.8, 4) is 5.75 Å². The van der Waals surface area contributed by atoms with Gasteiger partial charge in [0.2, 0.25) is 0 Å².